The predicted molar refractivity (Wildman–Crippen MR) is 112 cm³/mol. The molecular weight excluding hydrogens is 474 g/mol. The number of carbonyl (C=O) groups excluding carboxylic acids is 2. The standard InChI is InChI=1S/C20H16F6N4O2S/c21-19(22,23)15-5-1-13(2-6-15)9-27-29-17(31)11-33-12-18(32)30-28-10-14-3-7-16(8-4-14)20(24,25)26/h1-10H,11-12H2,(H,29,31)(H,30,32)/b27-9+,28-10+. The predicted octanol–water partition coefficient (Wildman–Crippen LogP) is 4.06. The average Bonchev–Trinajstić information content (AvgIpc) is 2.73. The first-order valence-corrected chi connectivity index (χ1v) is 10.2. The van der Waals surface area contributed by atoms with Gasteiger partial charge in [0.1, 0.15) is 0 Å². The van der Waals surface area contributed by atoms with Crippen LogP contribution < -0.4 is 10.9 Å². The van der Waals surface area contributed by atoms with Gasteiger partial charge in [0, 0.05) is 0 Å². The Bertz CT molecular complexity index is 922. The molecule has 2 aromatic rings. The van der Waals surface area contributed by atoms with Crippen LogP contribution >= 0.6 is 11.8 Å². The van der Waals surface area contributed by atoms with Crippen molar-refractivity contribution in [3.8, 4) is 0 Å². The highest BCUT2D eigenvalue weighted by molar-refractivity contribution is 8.00. The molecule has 0 heterocycles. The van der Waals surface area contributed by atoms with E-state index in [1.807, 2.05) is 0 Å². The van der Waals surface area contributed by atoms with Gasteiger partial charge in [-0.2, -0.15) is 36.5 Å². The molecule has 2 aromatic carbocycles. The Morgan fingerprint density at radius 2 is 1.03 bits per heavy atom. The summed E-state index contributed by atoms with van der Waals surface area (Å²) in [4.78, 5) is 23.3. The van der Waals surface area contributed by atoms with E-state index in [4.69, 9.17) is 0 Å². The van der Waals surface area contributed by atoms with E-state index in [1.165, 1.54) is 36.7 Å². The van der Waals surface area contributed by atoms with Crippen molar-refractivity contribution >= 4 is 36.0 Å². The van der Waals surface area contributed by atoms with Crippen molar-refractivity contribution < 1.29 is 35.9 Å². The molecule has 0 saturated carbocycles. The second-order valence-corrected chi connectivity index (χ2v) is 7.30. The lowest BCUT2D eigenvalue weighted by atomic mass is 10.1. The minimum Gasteiger partial charge on any atom is -0.272 e. The van der Waals surface area contributed by atoms with Crippen LogP contribution in [0.2, 0.25) is 0 Å². The summed E-state index contributed by atoms with van der Waals surface area (Å²) in [6.07, 6.45) is -6.54. The Kier molecular flexibility index (Phi) is 9.02. The first-order chi connectivity index (χ1) is 15.4. The van der Waals surface area contributed by atoms with Gasteiger partial charge in [0.15, 0.2) is 0 Å². The highest BCUT2D eigenvalue weighted by atomic mass is 32.2. The summed E-state index contributed by atoms with van der Waals surface area (Å²) in [5, 5.41) is 7.24. The molecule has 0 saturated heterocycles. The number of thioether (sulfide) groups is 1. The van der Waals surface area contributed by atoms with E-state index in [2.05, 4.69) is 21.1 Å². The number of hydrogen-bond donors (Lipinski definition) is 2. The first-order valence-electron chi connectivity index (χ1n) is 9.01. The fraction of sp³-hybridized carbons (Fsp3) is 0.200. The average molecular weight is 490 g/mol. The lowest BCUT2D eigenvalue weighted by Gasteiger charge is -2.05. The van der Waals surface area contributed by atoms with Gasteiger partial charge in [-0.1, -0.05) is 24.3 Å². The largest absolute Gasteiger partial charge is 0.416 e. The third-order valence-electron chi connectivity index (χ3n) is 3.75. The first kappa shape index (κ1) is 25.9. The quantitative estimate of drug-likeness (QED) is 0.333. The molecule has 176 valence electrons. The van der Waals surface area contributed by atoms with Gasteiger partial charge >= 0.3 is 12.4 Å². The summed E-state index contributed by atoms with van der Waals surface area (Å²) < 4.78 is 74.9. The van der Waals surface area contributed by atoms with Crippen LogP contribution in [0.15, 0.2) is 58.7 Å². The number of carbonyl (C=O) groups is 2. The summed E-state index contributed by atoms with van der Waals surface area (Å²) in [5.41, 5.74) is 3.44. The number of rotatable bonds is 8. The molecule has 6 nitrogen and oxygen atoms in total. The molecule has 0 spiro atoms. The fourth-order valence-electron chi connectivity index (χ4n) is 2.17. The van der Waals surface area contributed by atoms with Gasteiger partial charge in [0.2, 0.25) is 11.8 Å². The lowest BCUT2D eigenvalue weighted by Crippen LogP contribution is -2.23. The molecule has 0 aromatic heterocycles. The second kappa shape index (κ2) is 11.5. The van der Waals surface area contributed by atoms with Gasteiger partial charge in [0.25, 0.3) is 0 Å². The van der Waals surface area contributed by atoms with Crippen molar-refractivity contribution in [3.05, 3.63) is 70.8 Å². The van der Waals surface area contributed by atoms with E-state index in [0.29, 0.717) is 11.1 Å². The minimum absolute atomic E-state index is 0.125. The van der Waals surface area contributed by atoms with Crippen LogP contribution in [0, 0.1) is 0 Å². The minimum atomic E-state index is -4.44. The highest BCUT2D eigenvalue weighted by Gasteiger charge is 2.30. The number of nitrogens with zero attached hydrogens (tertiary/aromatic N) is 2. The van der Waals surface area contributed by atoms with E-state index in [-0.39, 0.29) is 11.5 Å². The van der Waals surface area contributed by atoms with E-state index in [0.717, 1.165) is 36.0 Å². The number of hydrogen-bond acceptors (Lipinski definition) is 5. The van der Waals surface area contributed by atoms with Crippen LogP contribution in [-0.2, 0) is 21.9 Å². The van der Waals surface area contributed by atoms with Gasteiger partial charge in [-0.05, 0) is 35.4 Å². The molecule has 0 aliphatic heterocycles. The Morgan fingerprint density at radius 3 is 1.33 bits per heavy atom. The Balaban J connectivity index is 1.67. The summed E-state index contributed by atoms with van der Waals surface area (Å²) in [6.45, 7) is 0. The van der Waals surface area contributed by atoms with Crippen molar-refractivity contribution in [2.75, 3.05) is 11.5 Å². The number of nitrogens with one attached hydrogen (secondary N) is 2. The maximum atomic E-state index is 12.5. The Hall–Kier alpha value is -3.35. The maximum absolute atomic E-state index is 12.5. The molecule has 2 amide bonds. The molecule has 0 unspecified atom stereocenters. The summed E-state index contributed by atoms with van der Waals surface area (Å²) >= 11 is 0.949. The summed E-state index contributed by atoms with van der Waals surface area (Å²) in [6, 6.07) is 8.34. The zero-order valence-corrected chi connectivity index (χ0v) is 17.4. The molecule has 0 aliphatic carbocycles. The van der Waals surface area contributed by atoms with Crippen LogP contribution in [0.1, 0.15) is 22.3 Å². The van der Waals surface area contributed by atoms with Gasteiger partial charge in [0.05, 0.1) is 35.1 Å². The van der Waals surface area contributed by atoms with Crippen molar-refractivity contribution in [2.24, 2.45) is 10.2 Å². The molecule has 0 bridgehead atoms. The van der Waals surface area contributed by atoms with Crippen LogP contribution in [0.25, 0.3) is 0 Å². The number of amides is 2. The molecule has 2 rings (SSSR count). The van der Waals surface area contributed by atoms with E-state index >= 15 is 0 Å². The number of alkyl halides is 6. The van der Waals surface area contributed by atoms with Crippen molar-refractivity contribution in [1.29, 1.82) is 0 Å². The monoisotopic (exact) mass is 490 g/mol. The topological polar surface area (TPSA) is 82.9 Å². The molecule has 0 atom stereocenters. The van der Waals surface area contributed by atoms with Crippen LogP contribution in [0.4, 0.5) is 26.3 Å². The SMILES string of the molecule is O=C(CSCC(=O)N/N=C/c1ccc(C(F)(F)F)cc1)N/N=C/c1ccc(C(F)(F)F)cc1. The van der Waals surface area contributed by atoms with E-state index in [1.54, 1.807) is 0 Å². The third-order valence-corrected chi connectivity index (χ3v) is 4.68. The van der Waals surface area contributed by atoms with E-state index in [9.17, 15) is 35.9 Å². The molecule has 0 aliphatic rings. The molecule has 13 heteroatoms. The maximum Gasteiger partial charge on any atom is 0.416 e. The third kappa shape index (κ3) is 9.35. The smallest absolute Gasteiger partial charge is 0.272 e. The van der Waals surface area contributed by atoms with Gasteiger partial charge in [-0.25, -0.2) is 10.9 Å². The number of benzene rings is 2. The second-order valence-electron chi connectivity index (χ2n) is 6.32. The van der Waals surface area contributed by atoms with Gasteiger partial charge in [-0.15, -0.1) is 11.8 Å². The molecule has 0 fully saturated rings. The Morgan fingerprint density at radius 1 is 0.697 bits per heavy atom. The highest BCUT2D eigenvalue weighted by Crippen LogP contribution is 2.29. The lowest BCUT2D eigenvalue weighted by molar-refractivity contribution is -0.138. The summed E-state index contributed by atoms with van der Waals surface area (Å²) in [5.74, 6) is -1.32. The van der Waals surface area contributed by atoms with E-state index < -0.39 is 35.3 Å². The van der Waals surface area contributed by atoms with Crippen LogP contribution in [0.3, 0.4) is 0 Å². The fourth-order valence-corrected chi connectivity index (χ4v) is 2.78. The molecule has 2 N–H and O–H groups in total. The summed E-state index contributed by atoms with van der Waals surface area (Å²) in [7, 11) is 0. The van der Waals surface area contributed by atoms with Crippen molar-refractivity contribution in [2.45, 2.75) is 12.4 Å². The number of hydrazone groups is 2. The zero-order chi connectivity index (χ0) is 24.5. The van der Waals surface area contributed by atoms with Crippen LogP contribution in [0.5, 0.6) is 0 Å². The van der Waals surface area contributed by atoms with Crippen molar-refractivity contribution in [3.63, 3.8) is 0 Å². The zero-order valence-electron chi connectivity index (χ0n) is 16.6. The Labute approximate surface area is 188 Å². The molecule has 33 heavy (non-hydrogen) atoms. The number of halogens is 6. The van der Waals surface area contributed by atoms with Gasteiger partial charge < -0.3 is 0 Å². The normalized spacial score (nSPS) is 12.3. The van der Waals surface area contributed by atoms with Crippen molar-refractivity contribution in [1.82, 2.24) is 10.9 Å². The van der Waals surface area contributed by atoms with Crippen LogP contribution in [-0.4, -0.2) is 35.7 Å². The molecule has 0 radical (unpaired) electrons. The van der Waals surface area contributed by atoms with Gasteiger partial charge in [-0.3, -0.25) is 9.59 Å². The molecular formula is C20H16F6N4O2S.